The average Bonchev–Trinajstić information content (AvgIpc) is 3.16. The molecule has 0 radical (unpaired) electrons. The van der Waals surface area contributed by atoms with Crippen LogP contribution in [0.1, 0.15) is 38.2 Å². The van der Waals surface area contributed by atoms with Crippen LogP contribution >= 0.6 is 0 Å². The first-order valence-electron chi connectivity index (χ1n) is 7.63. The van der Waals surface area contributed by atoms with Crippen molar-refractivity contribution in [1.29, 1.82) is 0 Å². The number of benzene rings is 1. The molecule has 1 fully saturated rings. The Morgan fingerprint density at radius 2 is 2.05 bits per heavy atom. The summed E-state index contributed by atoms with van der Waals surface area (Å²) in [4.78, 5) is 0. The summed E-state index contributed by atoms with van der Waals surface area (Å²) in [5.41, 5.74) is 1.15. The van der Waals surface area contributed by atoms with Crippen LogP contribution in [0.4, 0.5) is 0 Å². The van der Waals surface area contributed by atoms with Gasteiger partial charge in [-0.15, -0.1) is 0 Å². The topological polar surface area (TPSA) is 39.7 Å². The molecule has 0 spiro atoms. The van der Waals surface area contributed by atoms with E-state index in [1.165, 1.54) is 12.8 Å². The lowest BCUT2D eigenvalue weighted by atomic mass is 10.1. The van der Waals surface area contributed by atoms with Gasteiger partial charge in [0.25, 0.3) is 0 Å². The zero-order chi connectivity index (χ0) is 13.8. The first-order chi connectivity index (χ1) is 9.86. The molecule has 0 saturated heterocycles. The normalized spacial score (nSPS) is 16.4. The molecule has 0 atom stereocenters. The van der Waals surface area contributed by atoms with Gasteiger partial charge in [-0.2, -0.15) is 0 Å². The quantitative estimate of drug-likeness (QED) is 0.741. The molecule has 2 aliphatic rings. The molecule has 1 N–H and O–H groups in total. The van der Waals surface area contributed by atoms with E-state index in [9.17, 15) is 0 Å². The molecule has 1 heterocycles. The number of fused-ring (bicyclic) bond motifs is 1. The van der Waals surface area contributed by atoms with Crippen LogP contribution in [0.15, 0.2) is 12.1 Å². The van der Waals surface area contributed by atoms with Crippen LogP contribution in [0.25, 0.3) is 0 Å². The third-order valence-corrected chi connectivity index (χ3v) is 3.78. The van der Waals surface area contributed by atoms with Crippen molar-refractivity contribution < 1.29 is 14.2 Å². The largest absolute Gasteiger partial charge is 0.493 e. The summed E-state index contributed by atoms with van der Waals surface area (Å²) in [5, 5.41) is 3.42. The van der Waals surface area contributed by atoms with Crippen molar-refractivity contribution in [1.82, 2.24) is 5.32 Å². The van der Waals surface area contributed by atoms with Gasteiger partial charge in [0.2, 0.25) is 6.79 Å². The first kappa shape index (κ1) is 13.6. The van der Waals surface area contributed by atoms with E-state index in [-0.39, 0.29) is 0 Å². The van der Waals surface area contributed by atoms with Crippen molar-refractivity contribution in [2.24, 2.45) is 5.92 Å². The van der Waals surface area contributed by atoms with Crippen LogP contribution in [-0.2, 0) is 6.54 Å². The van der Waals surface area contributed by atoms with Gasteiger partial charge in [-0.1, -0.05) is 19.8 Å². The monoisotopic (exact) mass is 277 g/mol. The van der Waals surface area contributed by atoms with Crippen molar-refractivity contribution in [3.63, 3.8) is 0 Å². The van der Waals surface area contributed by atoms with Gasteiger partial charge >= 0.3 is 0 Å². The zero-order valence-electron chi connectivity index (χ0n) is 12.1. The van der Waals surface area contributed by atoms with E-state index in [1.807, 2.05) is 12.1 Å². The Balaban J connectivity index is 1.66. The maximum atomic E-state index is 5.97. The molecule has 110 valence electrons. The highest BCUT2D eigenvalue weighted by Gasteiger charge is 2.22. The predicted molar refractivity (Wildman–Crippen MR) is 77.4 cm³/mol. The van der Waals surface area contributed by atoms with Gasteiger partial charge in [-0.05, 0) is 31.4 Å². The number of hydrogen-bond acceptors (Lipinski definition) is 4. The molecule has 1 aromatic carbocycles. The van der Waals surface area contributed by atoms with E-state index >= 15 is 0 Å². The van der Waals surface area contributed by atoms with Crippen LogP contribution < -0.4 is 19.5 Å². The Kier molecular flexibility index (Phi) is 4.31. The van der Waals surface area contributed by atoms with E-state index in [2.05, 4.69) is 12.2 Å². The molecule has 1 aromatic rings. The van der Waals surface area contributed by atoms with Crippen molar-refractivity contribution in [3.05, 3.63) is 17.7 Å². The molecule has 0 amide bonds. The van der Waals surface area contributed by atoms with Gasteiger partial charge in [0, 0.05) is 18.2 Å². The highest BCUT2D eigenvalue weighted by molar-refractivity contribution is 5.51. The van der Waals surface area contributed by atoms with Gasteiger partial charge in [-0.3, -0.25) is 0 Å². The number of rotatable bonds is 8. The number of ether oxygens (including phenoxy) is 3. The fourth-order valence-corrected chi connectivity index (χ4v) is 2.38. The standard InChI is InChI=1S/C16H23NO3/c1-2-6-17-10-13-8-15-16(20-11-19-15)9-14(13)18-7-5-12-3-4-12/h8-9,12,17H,2-7,10-11H2,1H3. The predicted octanol–water partition coefficient (Wildman–Crippen LogP) is 3.09. The molecular weight excluding hydrogens is 254 g/mol. The second kappa shape index (κ2) is 6.35. The van der Waals surface area contributed by atoms with Crippen LogP contribution in [0.5, 0.6) is 17.2 Å². The molecule has 0 bridgehead atoms. The van der Waals surface area contributed by atoms with Crippen LogP contribution in [0.3, 0.4) is 0 Å². The van der Waals surface area contributed by atoms with Crippen LogP contribution in [-0.4, -0.2) is 19.9 Å². The minimum Gasteiger partial charge on any atom is -0.493 e. The second-order valence-corrected chi connectivity index (χ2v) is 5.57. The summed E-state index contributed by atoms with van der Waals surface area (Å²) in [7, 11) is 0. The average molecular weight is 277 g/mol. The molecule has 1 aliphatic carbocycles. The van der Waals surface area contributed by atoms with Crippen molar-refractivity contribution in [3.8, 4) is 17.2 Å². The molecule has 3 rings (SSSR count). The van der Waals surface area contributed by atoms with Crippen molar-refractivity contribution in [2.75, 3.05) is 19.9 Å². The van der Waals surface area contributed by atoms with Gasteiger partial charge < -0.3 is 19.5 Å². The SMILES string of the molecule is CCCNCc1cc2c(cc1OCCC1CC1)OCO2. The highest BCUT2D eigenvalue weighted by Crippen LogP contribution is 2.39. The molecule has 4 nitrogen and oxygen atoms in total. The Morgan fingerprint density at radius 3 is 2.80 bits per heavy atom. The lowest BCUT2D eigenvalue weighted by molar-refractivity contribution is 0.173. The summed E-state index contributed by atoms with van der Waals surface area (Å²) in [5.74, 6) is 3.45. The van der Waals surface area contributed by atoms with E-state index in [1.54, 1.807) is 0 Å². The second-order valence-electron chi connectivity index (χ2n) is 5.57. The van der Waals surface area contributed by atoms with Gasteiger partial charge in [0.15, 0.2) is 11.5 Å². The Labute approximate surface area is 120 Å². The minimum atomic E-state index is 0.308. The van der Waals surface area contributed by atoms with Gasteiger partial charge in [0.1, 0.15) is 5.75 Å². The van der Waals surface area contributed by atoms with Gasteiger partial charge in [0.05, 0.1) is 6.61 Å². The van der Waals surface area contributed by atoms with E-state index in [4.69, 9.17) is 14.2 Å². The van der Waals surface area contributed by atoms with E-state index < -0.39 is 0 Å². The zero-order valence-corrected chi connectivity index (χ0v) is 12.1. The molecule has 1 saturated carbocycles. The molecule has 1 aliphatic heterocycles. The third kappa shape index (κ3) is 3.37. The summed E-state index contributed by atoms with van der Waals surface area (Å²) in [6.45, 7) is 5.09. The Bertz CT molecular complexity index is 457. The highest BCUT2D eigenvalue weighted by atomic mass is 16.7. The van der Waals surface area contributed by atoms with E-state index in [0.717, 1.165) is 61.3 Å². The molecule has 0 aromatic heterocycles. The molecule has 20 heavy (non-hydrogen) atoms. The fraction of sp³-hybridized carbons (Fsp3) is 0.625. The molecule has 0 unspecified atom stereocenters. The third-order valence-electron chi connectivity index (χ3n) is 3.78. The lowest BCUT2D eigenvalue weighted by Crippen LogP contribution is -2.15. The minimum absolute atomic E-state index is 0.308. The first-order valence-corrected chi connectivity index (χ1v) is 7.63. The van der Waals surface area contributed by atoms with Crippen molar-refractivity contribution >= 4 is 0 Å². The summed E-state index contributed by atoms with van der Waals surface area (Å²) >= 11 is 0. The Morgan fingerprint density at radius 1 is 1.25 bits per heavy atom. The maximum absolute atomic E-state index is 5.97. The van der Waals surface area contributed by atoms with Crippen LogP contribution in [0.2, 0.25) is 0 Å². The lowest BCUT2D eigenvalue weighted by Gasteiger charge is -2.13. The maximum Gasteiger partial charge on any atom is 0.231 e. The summed E-state index contributed by atoms with van der Waals surface area (Å²) in [6, 6.07) is 4.01. The molecular formula is C16H23NO3. The fourth-order valence-electron chi connectivity index (χ4n) is 2.38. The smallest absolute Gasteiger partial charge is 0.231 e. The van der Waals surface area contributed by atoms with Gasteiger partial charge in [-0.25, -0.2) is 0 Å². The summed E-state index contributed by atoms with van der Waals surface area (Å²) in [6.07, 6.45) is 5.03. The number of nitrogens with one attached hydrogen (secondary N) is 1. The van der Waals surface area contributed by atoms with Crippen LogP contribution in [0, 0.1) is 5.92 Å². The van der Waals surface area contributed by atoms with Crippen molar-refractivity contribution in [2.45, 2.75) is 39.2 Å². The molecule has 4 heteroatoms. The Hall–Kier alpha value is -1.42. The van der Waals surface area contributed by atoms with E-state index in [0.29, 0.717) is 6.79 Å². The summed E-state index contributed by atoms with van der Waals surface area (Å²) < 4.78 is 16.9. The number of hydrogen-bond donors (Lipinski definition) is 1.